The molecule has 0 atom stereocenters. The molecule has 1 aromatic heterocycles. The first-order valence-corrected chi connectivity index (χ1v) is 9.38. The standard InChI is InChI=1S/C21H29N3O/c1-5-24-19(15-10-12-16(13-11-15)21(2,3)4)14-18(23-24)20(25)22-17-8-6-7-9-17/h10-14,17H,5-9H2,1-4H3,(H,22,25). The maximum Gasteiger partial charge on any atom is 0.272 e. The van der Waals surface area contributed by atoms with Crippen LogP contribution in [-0.4, -0.2) is 21.7 Å². The molecule has 4 nitrogen and oxygen atoms in total. The summed E-state index contributed by atoms with van der Waals surface area (Å²) in [7, 11) is 0. The molecule has 1 aliphatic rings. The van der Waals surface area contributed by atoms with Gasteiger partial charge >= 0.3 is 0 Å². The van der Waals surface area contributed by atoms with E-state index < -0.39 is 0 Å². The average molecular weight is 339 g/mol. The number of aromatic nitrogens is 2. The van der Waals surface area contributed by atoms with Crippen LogP contribution in [0.3, 0.4) is 0 Å². The van der Waals surface area contributed by atoms with E-state index in [4.69, 9.17) is 0 Å². The lowest BCUT2D eigenvalue weighted by Gasteiger charge is -2.19. The van der Waals surface area contributed by atoms with E-state index in [0.717, 1.165) is 30.6 Å². The van der Waals surface area contributed by atoms with Crippen LogP contribution in [0.2, 0.25) is 0 Å². The molecule has 2 aromatic rings. The molecule has 1 aliphatic carbocycles. The molecular weight excluding hydrogens is 310 g/mol. The minimum Gasteiger partial charge on any atom is -0.348 e. The Morgan fingerprint density at radius 2 is 1.84 bits per heavy atom. The minimum absolute atomic E-state index is 0.0494. The van der Waals surface area contributed by atoms with Crippen molar-refractivity contribution in [1.29, 1.82) is 0 Å². The van der Waals surface area contributed by atoms with Crippen LogP contribution in [0.25, 0.3) is 11.3 Å². The summed E-state index contributed by atoms with van der Waals surface area (Å²) >= 11 is 0. The van der Waals surface area contributed by atoms with Crippen LogP contribution in [0.4, 0.5) is 0 Å². The molecule has 0 radical (unpaired) electrons. The predicted molar refractivity (Wildman–Crippen MR) is 102 cm³/mol. The summed E-state index contributed by atoms with van der Waals surface area (Å²) < 4.78 is 1.91. The average Bonchev–Trinajstić information content (AvgIpc) is 3.23. The maximum atomic E-state index is 12.5. The van der Waals surface area contributed by atoms with Crippen molar-refractivity contribution >= 4 is 5.91 Å². The second-order valence-corrected chi connectivity index (χ2v) is 8.01. The van der Waals surface area contributed by atoms with Gasteiger partial charge in [0.2, 0.25) is 0 Å². The summed E-state index contributed by atoms with van der Waals surface area (Å²) in [6.07, 6.45) is 4.59. The number of amides is 1. The lowest BCUT2D eigenvalue weighted by atomic mass is 9.86. The molecule has 0 unspecified atom stereocenters. The fraction of sp³-hybridized carbons (Fsp3) is 0.524. The van der Waals surface area contributed by atoms with Crippen molar-refractivity contribution in [2.45, 2.75) is 71.4 Å². The molecule has 0 spiro atoms. The largest absolute Gasteiger partial charge is 0.348 e. The van der Waals surface area contributed by atoms with Crippen LogP contribution in [0.5, 0.6) is 0 Å². The highest BCUT2D eigenvalue weighted by Crippen LogP contribution is 2.27. The highest BCUT2D eigenvalue weighted by atomic mass is 16.2. The van der Waals surface area contributed by atoms with Crippen molar-refractivity contribution in [2.24, 2.45) is 0 Å². The molecule has 3 rings (SSSR count). The van der Waals surface area contributed by atoms with Gasteiger partial charge in [0, 0.05) is 12.6 Å². The van der Waals surface area contributed by atoms with Gasteiger partial charge in [-0.2, -0.15) is 5.10 Å². The van der Waals surface area contributed by atoms with E-state index in [9.17, 15) is 4.79 Å². The fourth-order valence-corrected chi connectivity index (χ4v) is 3.47. The Bertz CT molecular complexity index is 731. The number of hydrogen-bond acceptors (Lipinski definition) is 2. The zero-order chi connectivity index (χ0) is 18.0. The maximum absolute atomic E-state index is 12.5. The number of rotatable bonds is 4. The second kappa shape index (κ2) is 7.03. The quantitative estimate of drug-likeness (QED) is 0.889. The molecule has 1 amide bonds. The third-order valence-electron chi connectivity index (χ3n) is 5.05. The molecule has 0 saturated heterocycles. The van der Waals surface area contributed by atoms with Crippen LogP contribution in [0.1, 0.15) is 69.4 Å². The van der Waals surface area contributed by atoms with E-state index in [1.54, 1.807) is 0 Å². The number of carbonyl (C=O) groups is 1. The van der Waals surface area contributed by atoms with E-state index in [1.807, 2.05) is 10.7 Å². The molecule has 1 aromatic carbocycles. The smallest absolute Gasteiger partial charge is 0.272 e. The Labute approximate surface area is 150 Å². The summed E-state index contributed by atoms with van der Waals surface area (Å²) in [6, 6.07) is 10.8. The molecule has 134 valence electrons. The van der Waals surface area contributed by atoms with E-state index in [0.29, 0.717) is 11.7 Å². The first kappa shape index (κ1) is 17.7. The van der Waals surface area contributed by atoms with E-state index >= 15 is 0 Å². The van der Waals surface area contributed by atoms with Gasteiger partial charge in [0.15, 0.2) is 5.69 Å². The van der Waals surface area contributed by atoms with Crippen molar-refractivity contribution in [2.75, 3.05) is 0 Å². The predicted octanol–water partition coefficient (Wildman–Crippen LogP) is 4.54. The van der Waals surface area contributed by atoms with E-state index in [-0.39, 0.29) is 11.3 Å². The summed E-state index contributed by atoms with van der Waals surface area (Å²) in [4.78, 5) is 12.5. The van der Waals surface area contributed by atoms with Gasteiger partial charge in [-0.15, -0.1) is 0 Å². The van der Waals surface area contributed by atoms with Crippen molar-refractivity contribution in [1.82, 2.24) is 15.1 Å². The highest BCUT2D eigenvalue weighted by Gasteiger charge is 2.21. The minimum atomic E-state index is -0.0494. The summed E-state index contributed by atoms with van der Waals surface area (Å²) in [5.41, 5.74) is 4.05. The number of aryl methyl sites for hydroxylation is 1. The van der Waals surface area contributed by atoms with E-state index in [2.05, 4.69) is 62.4 Å². The van der Waals surface area contributed by atoms with E-state index in [1.165, 1.54) is 18.4 Å². The van der Waals surface area contributed by atoms with Crippen LogP contribution in [0.15, 0.2) is 30.3 Å². The molecular formula is C21H29N3O. The Morgan fingerprint density at radius 1 is 1.20 bits per heavy atom. The van der Waals surface area contributed by atoms with Crippen molar-refractivity contribution < 1.29 is 4.79 Å². The zero-order valence-electron chi connectivity index (χ0n) is 15.8. The van der Waals surface area contributed by atoms with Crippen LogP contribution in [-0.2, 0) is 12.0 Å². The number of carbonyl (C=O) groups excluding carboxylic acids is 1. The van der Waals surface area contributed by atoms with Crippen molar-refractivity contribution in [3.63, 3.8) is 0 Å². The summed E-state index contributed by atoms with van der Waals surface area (Å²) in [6.45, 7) is 9.43. The van der Waals surface area contributed by atoms with Gasteiger partial charge in [-0.25, -0.2) is 0 Å². The monoisotopic (exact) mass is 339 g/mol. The Balaban J connectivity index is 1.83. The third kappa shape index (κ3) is 3.94. The number of nitrogens with one attached hydrogen (secondary N) is 1. The summed E-state index contributed by atoms with van der Waals surface area (Å²) in [5, 5.41) is 7.65. The van der Waals surface area contributed by atoms with Gasteiger partial charge in [-0.05, 0) is 42.4 Å². The molecule has 1 fully saturated rings. The molecule has 4 heteroatoms. The first-order chi connectivity index (χ1) is 11.9. The molecule has 0 aliphatic heterocycles. The highest BCUT2D eigenvalue weighted by molar-refractivity contribution is 5.93. The van der Waals surface area contributed by atoms with Crippen molar-refractivity contribution in [3.05, 3.63) is 41.6 Å². The Morgan fingerprint density at radius 3 is 2.40 bits per heavy atom. The molecule has 1 saturated carbocycles. The van der Waals surface area contributed by atoms with Crippen LogP contribution in [0, 0.1) is 0 Å². The van der Waals surface area contributed by atoms with Crippen LogP contribution < -0.4 is 5.32 Å². The topological polar surface area (TPSA) is 46.9 Å². The van der Waals surface area contributed by atoms with Gasteiger partial charge < -0.3 is 5.32 Å². The van der Waals surface area contributed by atoms with Gasteiger partial charge in [0.1, 0.15) is 0 Å². The zero-order valence-corrected chi connectivity index (χ0v) is 15.8. The lowest BCUT2D eigenvalue weighted by molar-refractivity contribution is 0.0932. The van der Waals surface area contributed by atoms with Gasteiger partial charge in [0.05, 0.1) is 5.69 Å². The normalized spacial score (nSPS) is 15.5. The lowest BCUT2D eigenvalue weighted by Crippen LogP contribution is -2.32. The van der Waals surface area contributed by atoms with Gasteiger partial charge in [0.25, 0.3) is 5.91 Å². The molecule has 25 heavy (non-hydrogen) atoms. The Hall–Kier alpha value is -2.10. The third-order valence-corrected chi connectivity index (χ3v) is 5.05. The number of benzene rings is 1. The SMILES string of the molecule is CCn1nc(C(=O)NC2CCCC2)cc1-c1ccc(C(C)(C)C)cc1. The molecule has 1 N–H and O–H groups in total. The van der Waals surface area contributed by atoms with Crippen LogP contribution >= 0.6 is 0 Å². The second-order valence-electron chi connectivity index (χ2n) is 8.01. The molecule has 0 bridgehead atoms. The van der Waals surface area contributed by atoms with Crippen molar-refractivity contribution in [3.8, 4) is 11.3 Å². The first-order valence-electron chi connectivity index (χ1n) is 9.38. The van der Waals surface area contributed by atoms with Gasteiger partial charge in [-0.1, -0.05) is 57.9 Å². The Kier molecular flexibility index (Phi) is 4.98. The number of nitrogens with zero attached hydrogens (tertiary/aromatic N) is 2. The molecule has 1 heterocycles. The van der Waals surface area contributed by atoms with Gasteiger partial charge in [-0.3, -0.25) is 9.48 Å². The number of hydrogen-bond donors (Lipinski definition) is 1. The fourth-order valence-electron chi connectivity index (χ4n) is 3.47. The summed E-state index contributed by atoms with van der Waals surface area (Å²) in [5.74, 6) is -0.0494.